The Hall–Kier alpha value is -1.56. The molecule has 5 nitrogen and oxygen atoms in total. The molecule has 2 rings (SSSR count). The predicted octanol–water partition coefficient (Wildman–Crippen LogP) is 2.68. The molecule has 0 radical (unpaired) electrons. The van der Waals surface area contributed by atoms with E-state index >= 15 is 0 Å². The van der Waals surface area contributed by atoms with E-state index in [4.69, 9.17) is 10.3 Å². The topological polar surface area (TPSA) is 77.8 Å². The molecule has 6 heteroatoms. The van der Waals surface area contributed by atoms with Gasteiger partial charge < -0.3 is 10.3 Å². The lowest BCUT2D eigenvalue weighted by molar-refractivity contribution is 0.384. The lowest BCUT2D eigenvalue weighted by Crippen LogP contribution is -1.90. The van der Waals surface area contributed by atoms with Crippen molar-refractivity contribution < 1.29 is 4.52 Å². The van der Waals surface area contributed by atoms with Gasteiger partial charge in [-0.05, 0) is 12.5 Å². The quantitative estimate of drug-likeness (QED) is 0.808. The number of hydrogen-bond acceptors (Lipinski definition) is 6. The molecule has 0 saturated heterocycles. The highest BCUT2D eigenvalue weighted by Crippen LogP contribution is 2.26. The maximum atomic E-state index is 5.81. The standard InChI is InChI=1S/C12H16N4OS/c1-2-3-4-11-15-12(17-16-11)8-18-10-5-6-14-7-9(10)13/h5-7H,2-4,8,13H2,1H3. The van der Waals surface area contributed by atoms with Gasteiger partial charge in [0.15, 0.2) is 5.82 Å². The minimum Gasteiger partial charge on any atom is -0.397 e. The maximum absolute atomic E-state index is 5.81. The number of aromatic nitrogens is 3. The predicted molar refractivity (Wildman–Crippen MR) is 71.1 cm³/mol. The molecule has 0 bridgehead atoms. The van der Waals surface area contributed by atoms with E-state index in [-0.39, 0.29) is 0 Å². The summed E-state index contributed by atoms with van der Waals surface area (Å²) in [5.41, 5.74) is 6.48. The average molecular weight is 264 g/mol. The van der Waals surface area contributed by atoms with Gasteiger partial charge in [-0.25, -0.2) is 0 Å². The van der Waals surface area contributed by atoms with Gasteiger partial charge in [-0.1, -0.05) is 18.5 Å². The molecule has 0 spiro atoms. The van der Waals surface area contributed by atoms with Crippen LogP contribution in [-0.2, 0) is 12.2 Å². The summed E-state index contributed by atoms with van der Waals surface area (Å²) >= 11 is 1.58. The number of anilines is 1. The van der Waals surface area contributed by atoms with Crippen molar-refractivity contribution in [2.24, 2.45) is 0 Å². The largest absolute Gasteiger partial charge is 0.397 e. The Bertz CT molecular complexity index is 500. The number of nitrogens with zero attached hydrogens (tertiary/aromatic N) is 3. The number of nitrogens with two attached hydrogens (primary N) is 1. The van der Waals surface area contributed by atoms with Crippen LogP contribution in [0.15, 0.2) is 27.9 Å². The number of aryl methyl sites for hydroxylation is 1. The van der Waals surface area contributed by atoms with E-state index in [1.54, 1.807) is 24.2 Å². The molecule has 0 atom stereocenters. The van der Waals surface area contributed by atoms with Crippen LogP contribution in [0.4, 0.5) is 5.69 Å². The molecule has 18 heavy (non-hydrogen) atoms. The molecule has 0 aliphatic rings. The van der Waals surface area contributed by atoms with Crippen LogP contribution in [0.25, 0.3) is 0 Å². The molecule has 0 aliphatic carbocycles. The lowest BCUT2D eigenvalue weighted by atomic mass is 10.2. The zero-order valence-corrected chi connectivity index (χ0v) is 11.1. The molecular formula is C12H16N4OS. The van der Waals surface area contributed by atoms with Crippen LogP contribution in [0.2, 0.25) is 0 Å². The third-order valence-electron chi connectivity index (χ3n) is 2.43. The van der Waals surface area contributed by atoms with E-state index in [0.29, 0.717) is 17.3 Å². The van der Waals surface area contributed by atoms with Crippen molar-refractivity contribution in [3.63, 3.8) is 0 Å². The number of unbranched alkanes of at least 4 members (excludes halogenated alkanes) is 1. The average Bonchev–Trinajstić information content (AvgIpc) is 2.83. The molecule has 0 aromatic carbocycles. The highest BCUT2D eigenvalue weighted by Gasteiger charge is 2.07. The Morgan fingerprint density at radius 1 is 1.44 bits per heavy atom. The van der Waals surface area contributed by atoms with Crippen molar-refractivity contribution >= 4 is 17.4 Å². The minimum absolute atomic E-state index is 0.632. The van der Waals surface area contributed by atoms with E-state index in [1.165, 1.54) is 0 Å². The summed E-state index contributed by atoms with van der Waals surface area (Å²) in [6.45, 7) is 2.14. The van der Waals surface area contributed by atoms with Gasteiger partial charge in [0.05, 0.1) is 17.6 Å². The summed E-state index contributed by atoms with van der Waals surface area (Å²) in [7, 11) is 0. The second kappa shape index (κ2) is 6.39. The summed E-state index contributed by atoms with van der Waals surface area (Å²) in [5, 5.41) is 3.95. The second-order valence-electron chi connectivity index (χ2n) is 3.91. The fraction of sp³-hybridized carbons (Fsp3) is 0.417. The van der Waals surface area contributed by atoms with E-state index in [9.17, 15) is 0 Å². The first-order valence-corrected chi connectivity index (χ1v) is 6.92. The second-order valence-corrected chi connectivity index (χ2v) is 4.93. The number of nitrogen functional groups attached to an aromatic ring is 1. The third kappa shape index (κ3) is 3.46. The minimum atomic E-state index is 0.632. The SMILES string of the molecule is CCCCc1noc(CSc2ccncc2N)n1. The smallest absolute Gasteiger partial charge is 0.237 e. The first-order valence-electron chi connectivity index (χ1n) is 5.93. The number of thioether (sulfide) groups is 1. The van der Waals surface area contributed by atoms with Crippen LogP contribution in [0, 0.1) is 0 Å². The zero-order valence-electron chi connectivity index (χ0n) is 10.3. The summed E-state index contributed by atoms with van der Waals surface area (Å²) in [6.07, 6.45) is 6.46. The van der Waals surface area contributed by atoms with Crippen LogP contribution in [0.3, 0.4) is 0 Å². The number of pyridine rings is 1. The van der Waals surface area contributed by atoms with Gasteiger partial charge in [0.25, 0.3) is 0 Å². The molecular weight excluding hydrogens is 248 g/mol. The first-order chi connectivity index (χ1) is 8.79. The number of rotatable bonds is 6. The Morgan fingerprint density at radius 3 is 3.11 bits per heavy atom. The van der Waals surface area contributed by atoms with Crippen molar-refractivity contribution in [2.75, 3.05) is 5.73 Å². The van der Waals surface area contributed by atoms with Crippen LogP contribution in [0.5, 0.6) is 0 Å². The highest BCUT2D eigenvalue weighted by molar-refractivity contribution is 7.98. The summed E-state index contributed by atoms with van der Waals surface area (Å²) < 4.78 is 5.18. The van der Waals surface area contributed by atoms with Crippen molar-refractivity contribution in [3.05, 3.63) is 30.2 Å². The summed E-state index contributed by atoms with van der Waals surface area (Å²) in [4.78, 5) is 9.27. The molecule has 0 aliphatic heterocycles. The van der Waals surface area contributed by atoms with Gasteiger partial charge in [-0.15, -0.1) is 11.8 Å². The Morgan fingerprint density at radius 2 is 2.33 bits per heavy atom. The Labute approximate surface area is 110 Å². The molecule has 2 aromatic heterocycles. The van der Waals surface area contributed by atoms with Crippen molar-refractivity contribution in [3.8, 4) is 0 Å². The van der Waals surface area contributed by atoms with Crippen molar-refractivity contribution in [2.45, 2.75) is 36.8 Å². The van der Waals surface area contributed by atoms with Gasteiger partial charge in [0.2, 0.25) is 5.89 Å². The van der Waals surface area contributed by atoms with Gasteiger partial charge >= 0.3 is 0 Å². The number of hydrogen-bond donors (Lipinski definition) is 1. The van der Waals surface area contributed by atoms with Crippen LogP contribution < -0.4 is 5.73 Å². The third-order valence-corrected chi connectivity index (χ3v) is 3.50. The summed E-state index contributed by atoms with van der Waals surface area (Å²) in [5.74, 6) is 2.06. The molecule has 2 heterocycles. The molecule has 2 aromatic rings. The van der Waals surface area contributed by atoms with Gasteiger partial charge in [-0.2, -0.15) is 4.98 Å². The zero-order chi connectivity index (χ0) is 12.8. The van der Waals surface area contributed by atoms with Gasteiger partial charge in [-0.3, -0.25) is 4.98 Å². The fourth-order valence-electron chi connectivity index (χ4n) is 1.45. The molecule has 96 valence electrons. The normalized spacial score (nSPS) is 10.7. The molecule has 0 saturated carbocycles. The van der Waals surface area contributed by atoms with E-state index in [1.807, 2.05) is 6.07 Å². The van der Waals surface area contributed by atoms with E-state index < -0.39 is 0 Å². The van der Waals surface area contributed by atoms with E-state index in [2.05, 4.69) is 22.0 Å². The molecule has 2 N–H and O–H groups in total. The fourth-order valence-corrected chi connectivity index (χ4v) is 2.22. The van der Waals surface area contributed by atoms with Gasteiger partial charge in [0.1, 0.15) is 0 Å². The lowest BCUT2D eigenvalue weighted by Gasteiger charge is -2.01. The van der Waals surface area contributed by atoms with Crippen LogP contribution >= 0.6 is 11.8 Å². The first kappa shape index (κ1) is 12.9. The van der Waals surface area contributed by atoms with Crippen molar-refractivity contribution in [1.29, 1.82) is 0 Å². The van der Waals surface area contributed by atoms with Crippen molar-refractivity contribution in [1.82, 2.24) is 15.1 Å². The van der Waals surface area contributed by atoms with E-state index in [0.717, 1.165) is 30.0 Å². The Kier molecular flexibility index (Phi) is 4.58. The van der Waals surface area contributed by atoms with Crippen LogP contribution in [0.1, 0.15) is 31.5 Å². The molecule has 0 amide bonds. The monoisotopic (exact) mass is 264 g/mol. The summed E-state index contributed by atoms with van der Waals surface area (Å²) in [6, 6.07) is 1.88. The Balaban J connectivity index is 1.90. The van der Waals surface area contributed by atoms with Gasteiger partial charge in [0, 0.05) is 17.5 Å². The van der Waals surface area contributed by atoms with Crippen LogP contribution in [-0.4, -0.2) is 15.1 Å². The maximum Gasteiger partial charge on any atom is 0.237 e. The molecule has 0 fully saturated rings. The highest BCUT2D eigenvalue weighted by atomic mass is 32.2. The molecule has 0 unspecified atom stereocenters.